The van der Waals surface area contributed by atoms with E-state index in [-0.39, 0.29) is 30.2 Å². The molecule has 26 heavy (non-hydrogen) atoms. The van der Waals surface area contributed by atoms with Crippen LogP contribution in [0.15, 0.2) is 48.1 Å². The van der Waals surface area contributed by atoms with Gasteiger partial charge in [0, 0.05) is 43.2 Å². The summed E-state index contributed by atoms with van der Waals surface area (Å²) in [6.07, 6.45) is 3.82. The molecule has 1 aliphatic heterocycles. The quantitative estimate of drug-likeness (QED) is 0.719. The zero-order valence-corrected chi connectivity index (χ0v) is 15.9. The number of carbonyl (C=O) groups is 1. The number of rotatable bonds is 4. The molecule has 1 saturated heterocycles. The molecular weight excluding hydrogens is 370 g/mol. The molecule has 0 spiro atoms. The second-order valence-electron chi connectivity index (χ2n) is 6.21. The van der Waals surface area contributed by atoms with Crippen LogP contribution in [0.1, 0.15) is 11.5 Å². The van der Waals surface area contributed by atoms with Gasteiger partial charge in [0.05, 0.1) is 17.8 Å². The van der Waals surface area contributed by atoms with Crippen LogP contribution < -0.4 is 10.6 Å². The third-order valence-electron chi connectivity index (χ3n) is 4.51. The van der Waals surface area contributed by atoms with Crippen molar-refractivity contribution < 1.29 is 4.79 Å². The first-order chi connectivity index (χ1) is 12.2. The standard InChI is InChI=1S/C18H19N5OS.ClH/c1-23-10-13(7-20-23)14-8-19-9-15(14)17(24)22-18-21-16(11-25-18)12-5-3-2-4-6-12;/h2-7,10-11,14-15,19H,8-9H2,1H3,(H,21,22,24);1H/t14-,15+;/m1./s1. The fraction of sp³-hybridized carbons (Fsp3) is 0.278. The summed E-state index contributed by atoms with van der Waals surface area (Å²) in [6.45, 7) is 1.46. The van der Waals surface area contributed by atoms with Gasteiger partial charge in [0.25, 0.3) is 0 Å². The van der Waals surface area contributed by atoms with Gasteiger partial charge in [-0.2, -0.15) is 5.10 Å². The molecule has 0 unspecified atom stereocenters. The Hall–Kier alpha value is -2.22. The molecule has 4 rings (SSSR count). The van der Waals surface area contributed by atoms with Crippen LogP contribution in [-0.2, 0) is 11.8 Å². The van der Waals surface area contributed by atoms with Crippen LogP contribution in [0.3, 0.4) is 0 Å². The van der Waals surface area contributed by atoms with Crippen molar-refractivity contribution in [3.05, 3.63) is 53.7 Å². The molecule has 1 aromatic carbocycles. The number of hydrogen-bond donors (Lipinski definition) is 2. The minimum Gasteiger partial charge on any atom is -0.315 e. The molecule has 1 amide bonds. The van der Waals surface area contributed by atoms with Crippen molar-refractivity contribution in [3.63, 3.8) is 0 Å². The lowest BCUT2D eigenvalue weighted by molar-refractivity contribution is -0.119. The van der Waals surface area contributed by atoms with Crippen LogP contribution in [-0.4, -0.2) is 33.8 Å². The van der Waals surface area contributed by atoms with Gasteiger partial charge in [0.15, 0.2) is 5.13 Å². The Morgan fingerprint density at radius 2 is 2.12 bits per heavy atom. The number of benzene rings is 1. The first-order valence-corrected chi connectivity index (χ1v) is 9.10. The monoisotopic (exact) mass is 389 g/mol. The Labute approximate surface area is 162 Å². The van der Waals surface area contributed by atoms with Gasteiger partial charge in [0.2, 0.25) is 5.91 Å². The number of anilines is 1. The number of hydrogen-bond acceptors (Lipinski definition) is 5. The molecule has 3 aromatic rings. The summed E-state index contributed by atoms with van der Waals surface area (Å²) in [5.41, 5.74) is 3.03. The van der Waals surface area contributed by atoms with Gasteiger partial charge in [-0.25, -0.2) is 4.98 Å². The second kappa shape index (κ2) is 7.99. The Morgan fingerprint density at radius 1 is 1.31 bits per heavy atom. The SMILES string of the molecule is Cl.Cn1cc([C@H]2CNC[C@@H]2C(=O)Nc2nc(-c3ccccc3)cs2)cn1. The van der Waals surface area contributed by atoms with Gasteiger partial charge in [-0.05, 0) is 5.56 Å². The number of aromatic nitrogens is 3. The minimum absolute atomic E-state index is 0. The summed E-state index contributed by atoms with van der Waals surface area (Å²) >= 11 is 1.45. The van der Waals surface area contributed by atoms with E-state index in [1.165, 1.54) is 11.3 Å². The summed E-state index contributed by atoms with van der Waals surface area (Å²) in [5, 5.41) is 13.1. The topological polar surface area (TPSA) is 71.8 Å². The minimum atomic E-state index is -0.117. The maximum absolute atomic E-state index is 12.7. The lowest BCUT2D eigenvalue weighted by Gasteiger charge is -2.15. The van der Waals surface area contributed by atoms with Crippen molar-refractivity contribution in [2.24, 2.45) is 13.0 Å². The van der Waals surface area contributed by atoms with Crippen LogP contribution >= 0.6 is 23.7 Å². The Morgan fingerprint density at radius 3 is 2.85 bits per heavy atom. The fourth-order valence-corrected chi connectivity index (χ4v) is 3.93. The Kier molecular flexibility index (Phi) is 5.70. The van der Waals surface area contributed by atoms with E-state index in [0.717, 1.165) is 23.4 Å². The molecule has 0 bridgehead atoms. The Balaban J connectivity index is 0.00000196. The molecule has 2 N–H and O–H groups in total. The summed E-state index contributed by atoms with van der Waals surface area (Å²) in [5.74, 6) is 0.0309. The van der Waals surface area contributed by atoms with Gasteiger partial charge in [-0.3, -0.25) is 9.48 Å². The number of nitrogens with zero attached hydrogens (tertiary/aromatic N) is 3. The maximum Gasteiger partial charge on any atom is 0.231 e. The number of thiazole rings is 1. The smallest absolute Gasteiger partial charge is 0.231 e. The predicted octanol–water partition coefficient (Wildman–Crippen LogP) is 2.91. The molecule has 0 aliphatic carbocycles. The van der Waals surface area contributed by atoms with Crippen LogP contribution in [0.25, 0.3) is 11.3 Å². The van der Waals surface area contributed by atoms with Crippen molar-refractivity contribution in [3.8, 4) is 11.3 Å². The van der Waals surface area contributed by atoms with Crippen LogP contribution in [0.2, 0.25) is 0 Å². The summed E-state index contributed by atoms with van der Waals surface area (Å²) in [4.78, 5) is 17.3. The van der Waals surface area contributed by atoms with Crippen LogP contribution in [0, 0.1) is 5.92 Å². The summed E-state index contributed by atoms with van der Waals surface area (Å²) in [7, 11) is 1.89. The van der Waals surface area contributed by atoms with Gasteiger partial charge >= 0.3 is 0 Å². The number of halogens is 1. The highest BCUT2D eigenvalue weighted by Gasteiger charge is 2.35. The second-order valence-corrected chi connectivity index (χ2v) is 7.07. The molecule has 136 valence electrons. The Bertz CT molecular complexity index is 879. The molecule has 0 saturated carbocycles. The zero-order valence-electron chi connectivity index (χ0n) is 14.3. The molecule has 2 atom stereocenters. The third-order valence-corrected chi connectivity index (χ3v) is 5.27. The molecule has 8 heteroatoms. The first kappa shape index (κ1) is 18.6. The van der Waals surface area contributed by atoms with E-state index in [2.05, 4.69) is 20.7 Å². The van der Waals surface area contributed by atoms with E-state index in [1.54, 1.807) is 4.68 Å². The molecule has 1 fully saturated rings. The van der Waals surface area contributed by atoms with E-state index in [0.29, 0.717) is 11.7 Å². The van der Waals surface area contributed by atoms with Crippen molar-refractivity contribution in [2.75, 3.05) is 18.4 Å². The number of carbonyl (C=O) groups excluding carboxylic acids is 1. The van der Waals surface area contributed by atoms with Crippen LogP contribution in [0.4, 0.5) is 5.13 Å². The fourth-order valence-electron chi connectivity index (χ4n) is 3.21. The average Bonchev–Trinajstić information content (AvgIpc) is 3.35. The molecule has 2 aromatic heterocycles. The van der Waals surface area contributed by atoms with Gasteiger partial charge in [-0.1, -0.05) is 30.3 Å². The molecule has 0 radical (unpaired) electrons. The molecule has 6 nitrogen and oxygen atoms in total. The first-order valence-electron chi connectivity index (χ1n) is 8.22. The average molecular weight is 390 g/mol. The van der Waals surface area contributed by atoms with Crippen molar-refractivity contribution in [1.82, 2.24) is 20.1 Å². The number of nitrogens with one attached hydrogen (secondary N) is 2. The van der Waals surface area contributed by atoms with Crippen molar-refractivity contribution >= 4 is 34.8 Å². The molecule has 3 heterocycles. The zero-order chi connectivity index (χ0) is 17.2. The van der Waals surface area contributed by atoms with Gasteiger partial charge < -0.3 is 10.6 Å². The number of amides is 1. The highest BCUT2D eigenvalue weighted by atomic mass is 35.5. The molecular formula is C18H20ClN5OS. The largest absolute Gasteiger partial charge is 0.315 e. The lowest BCUT2D eigenvalue weighted by atomic mass is 9.90. The maximum atomic E-state index is 12.7. The van der Waals surface area contributed by atoms with Crippen molar-refractivity contribution in [2.45, 2.75) is 5.92 Å². The van der Waals surface area contributed by atoms with E-state index in [4.69, 9.17) is 0 Å². The van der Waals surface area contributed by atoms with Gasteiger partial charge in [0.1, 0.15) is 0 Å². The third kappa shape index (κ3) is 3.80. The molecule has 1 aliphatic rings. The number of aryl methyl sites for hydroxylation is 1. The highest BCUT2D eigenvalue weighted by Crippen LogP contribution is 2.30. The summed E-state index contributed by atoms with van der Waals surface area (Å²) in [6, 6.07) is 9.97. The van der Waals surface area contributed by atoms with Gasteiger partial charge in [-0.15, -0.1) is 23.7 Å². The lowest BCUT2D eigenvalue weighted by Crippen LogP contribution is -2.28. The predicted molar refractivity (Wildman–Crippen MR) is 106 cm³/mol. The normalized spacial score (nSPS) is 19.1. The highest BCUT2D eigenvalue weighted by molar-refractivity contribution is 7.14. The summed E-state index contributed by atoms with van der Waals surface area (Å²) < 4.78 is 1.77. The van der Waals surface area contributed by atoms with E-state index in [9.17, 15) is 4.79 Å². The van der Waals surface area contributed by atoms with Crippen LogP contribution in [0.5, 0.6) is 0 Å². The van der Waals surface area contributed by atoms with E-state index in [1.807, 2.05) is 55.2 Å². The van der Waals surface area contributed by atoms with E-state index < -0.39 is 0 Å². The van der Waals surface area contributed by atoms with E-state index >= 15 is 0 Å². The van der Waals surface area contributed by atoms with Crippen molar-refractivity contribution in [1.29, 1.82) is 0 Å².